The SMILES string of the molecule is C[C@@H]1O[C@@H](O[C@H]2CC[C@]3(/C=N/NC(=O)CCCC[C@@H]4SC[C@@H]5NC(=O)N[C@@H]54)[C@H]4C[C@@H](O)[C@]5(C)[C@@H](C6=CC(=O)OC6)CC[C@]5(O)[C@@H]4CC[C@]3(O)C2)[C@H](O)[C@H](O)[C@H]1O. The van der Waals surface area contributed by atoms with Crippen molar-refractivity contribution in [3.63, 3.8) is 0 Å². The van der Waals surface area contributed by atoms with Crippen LogP contribution in [0.25, 0.3) is 0 Å². The molecule has 0 aromatic carbocycles. The minimum Gasteiger partial charge on any atom is -0.458 e. The number of hydrogen-bond acceptors (Lipinski definition) is 14. The molecule has 8 aliphatic rings. The van der Waals surface area contributed by atoms with Crippen LogP contribution in [0.2, 0.25) is 0 Å². The fourth-order valence-electron chi connectivity index (χ4n) is 12.3. The smallest absolute Gasteiger partial charge is 0.331 e. The molecule has 56 heavy (non-hydrogen) atoms. The Kier molecular flexibility index (Phi) is 10.9. The Balaban J connectivity index is 0.996. The van der Waals surface area contributed by atoms with Crippen LogP contribution in [0.3, 0.4) is 0 Å². The van der Waals surface area contributed by atoms with Crippen LogP contribution < -0.4 is 16.1 Å². The first-order valence-electron chi connectivity index (χ1n) is 20.5. The number of carbonyl (C=O) groups excluding carboxylic acids is 3. The van der Waals surface area contributed by atoms with Gasteiger partial charge in [-0.05, 0) is 88.0 Å². The van der Waals surface area contributed by atoms with Gasteiger partial charge in [0.2, 0.25) is 5.91 Å². The number of urea groups is 1. The number of hydrazone groups is 1. The molecular formula is C39H58N4O12S. The highest BCUT2D eigenvalue weighted by Gasteiger charge is 2.73. The van der Waals surface area contributed by atoms with Crippen LogP contribution in [0.4, 0.5) is 4.79 Å². The molecular weight excluding hydrogens is 749 g/mol. The molecule has 0 spiro atoms. The lowest BCUT2D eigenvalue weighted by Crippen LogP contribution is -2.71. The highest BCUT2D eigenvalue weighted by atomic mass is 32.2. The van der Waals surface area contributed by atoms with Gasteiger partial charge in [0.05, 0.1) is 41.6 Å². The summed E-state index contributed by atoms with van der Waals surface area (Å²) in [5, 5.41) is 79.8. The van der Waals surface area contributed by atoms with E-state index in [4.69, 9.17) is 14.2 Å². The van der Waals surface area contributed by atoms with Crippen molar-refractivity contribution in [2.24, 2.45) is 33.7 Å². The molecule has 16 nitrogen and oxygen atoms in total. The van der Waals surface area contributed by atoms with Crippen LogP contribution in [0, 0.1) is 28.6 Å². The first kappa shape index (κ1) is 40.4. The Hall–Kier alpha value is -2.35. The van der Waals surface area contributed by atoms with Gasteiger partial charge in [0.1, 0.15) is 24.9 Å². The van der Waals surface area contributed by atoms with E-state index in [0.717, 1.165) is 24.2 Å². The monoisotopic (exact) mass is 806 g/mol. The third kappa shape index (κ3) is 6.51. The number of hydrogen-bond donors (Lipinski definition) is 9. The molecule has 17 heteroatoms. The van der Waals surface area contributed by atoms with Gasteiger partial charge in [-0.2, -0.15) is 16.9 Å². The predicted molar refractivity (Wildman–Crippen MR) is 201 cm³/mol. The second-order valence-corrected chi connectivity index (χ2v) is 19.3. The molecule has 4 saturated carbocycles. The van der Waals surface area contributed by atoms with Crippen molar-refractivity contribution in [3.05, 3.63) is 11.6 Å². The molecule has 0 unspecified atom stereocenters. The molecule has 17 atom stereocenters. The molecule has 9 N–H and O–H groups in total. The summed E-state index contributed by atoms with van der Waals surface area (Å²) in [6.07, 6.45) is 0.543. The number of thioether (sulfide) groups is 1. The summed E-state index contributed by atoms with van der Waals surface area (Å²) in [7, 11) is 0. The summed E-state index contributed by atoms with van der Waals surface area (Å²) in [5.41, 5.74) is -1.36. The Morgan fingerprint density at radius 3 is 2.62 bits per heavy atom. The number of amides is 3. The van der Waals surface area contributed by atoms with Gasteiger partial charge < -0.3 is 55.5 Å². The maximum atomic E-state index is 13.1. The Bertz CT molecular complexity index is 1620. The lowest BCUT2D eigenvalue weighted by molar-refractivity contribution is -0.317. The quantitative estimate of drug-likeness (QED) is 0.0362. The van der Waals surface area contributed by atoms with Crippen molar-refractivity contribution >= 4 is 35.9 Å². The van der Waals surface area contributed by atoms with Gasteiger partial charge in [-0.25, -0.2) is 15.0 Å². The Labute approximate surface area is 330 Å². The number of aliphatic hydroxyl groups excluding tert-OH is 4. The van der Waals surface area contributed by atoms with E-state index in [2.05, 4.69) is 21.2 Å². The number of rotatable bonds is 10. The number of nitrogens with one attached hydrogen (secondary N) is 3. The molecule has 4 aliphatic carbocycles. The maximum Gasteiger partial charge on any atom is 0.331 e. The average molecular weight is 807 g/mol. The molecule has 7 fully saturated rings. The van der Waals surface area contributed by atoms with E-state index in [0.29, 0.717) is 43.8 Å². The number of cyclic esters (lactones) is 1. The van der Waals surface area contributed by atoms with Gasteiger partial charge in [0.15, 0.2) is 6.29 Å². The van der Waals surface area contributed by atoms with Gasteiger partial charge in [0, 0.05) is 47.0 Å². The van der Waals surface area contributed by atoms with Crippen molar-refractivity contribution in [1.29, 1.82) is 0 Å². The summed E-state index contributed by atoms with van der Waals surface area (Å²) in [4.78, 5) is 36.9. The zero-order chi connectivity index (χ0) is 39.8. The molecule has 0 bridgehead atoms. The molecule has 312 valence electrons. The molecule has 4 aliphatic heterocycles. The predicted octanol–water partition coefficient (Wildman–Crippen LogP) is 0.350. The lowest BCUT2D eigenvalue weighted by Gasteiger charge is -2.66. The second kappa shape index (κ2) is 15.0. The van der Waals surface area contributed by atoms with Crippen LogP contribution in [-0.2, 0) is 23.8 Å². The van der Waals surface area contributed by atoms with Crippen LogP contribution in [0.1, 0.15) is 90.9 Å². The highest BCUT2D eigenvalue weighted by Crippen LogP contribution is 2.70. The van der Waals surface area contributed by atoms with E-state index in [-0.39, 0.29) is 68.1 Å². The Morgan fingerprint density at radius 1 is 1.05 bits per heavy atom. The van der Waals surface area contributed by atoms with Crippen LogP contribution in [-0.4, -0.2) is 139 Å². The molecule has 0 aromatic rings. The van der Waals surface area contributed by atoms with Crippen LogP contribution >= 0.6 is 11.8 Å². The molecule has 3 amide bonds. The normalized spacial score (nSPS) is 49.6. The fourth-order valence-corrected chi connectivity index (χ4v) is 13.9. The zero-order valence-electron chi connectivity index (χ0n) is 32.0. The van der Waals surface area contributed by atoms with Gasteiger partial charge in [-0.1, -0.05) is 13.3 Å². The molecule has 0 aromatic heterocycles. The van der Waals surface area contributed by atoms with Crippen molar-refractivity contribution in [1.82, 2.24) is 16.1 Å². The van der Waals surface area contributed by atoms with E-state index in [1.54, 1.807) is 13.1 Å². The van der Waals surface area contributed by atoms with Gasteiger partial charge in [-0.15, -0.1) is 0 Å². The zero-order valence-corrected chi connectivity index (χ0v) is 32.9. The first-order chi connectivity index (χ1) is 26.6. The summed E-state index contributed by atoms with van der Waals surface area (Å²) in [6, 6.07) is 0.125. The molecule has 8 rings (SSSR count). The van der Waals surface area contributed by atoms with E-state index in [1.165, 1.54) is 6.08 Å². The number of unbranched alkanes of at least 4 members (excludes halogenated alkanes) is 1. The summed E-state index contributed by atoms with van der Waals surface area (Å²) in [5.74, 6) is -0.854. The highest BCUT2D eigenvalue weighted by molar-refractivity contribution is 8.00. The summed E-state index contributed by atoms with van der Waals surface area (Å²) >= 11 is 1.83. The van der Waals surface area contributed by atoms with Crippen LogP contribution in [0.15, 0.2) is 16.8 Å². The van der Waals surface area contributed by atoms with Gasteiger partial charge in [0.25, 0.3) is 0 Å². The molecule has 3 saturated heterocycles. The summed E-state index contributed by atoms with van der Waals surface area (Å²) in [6.45, 7) is 3.62. The lowest BCUT2D eigenvalue weighted by atomic mass is 9.41. The molecule has 0 radical (unpaired) electrons. The minimum absolute atomic E-state index is 0.105. The number of esters is 1. The standard InChI is InChI=1S/C39H58N4O12S/c1-19-31(47)32(48)33(49)34(54-19)55-21-7-10-37(18-40-43-28(45)6-4-3-5-26-30-25(17-56-26)41-35(50)42-30)24-14-27(44)36(2)22(20-13-29(46)53-16-20)9-12-39(36,52)23(24)8-11-38(37,51)15-21/h13,18-19,21-27,30-34,44,47-49,51-52H,3-12,14-17H2,1-2H3,(H,43,45)(H2,41,42,50)/b40-18+/t19-,21-,22+,23+,24-,25-,26-,27+,30-,31-,32+,33+,34-,36-,37-,38-,39-/m0/s1. The van der Waals surface area contributed by atoms with E-state index >= 15 is 0 Å². The minimum atomic E-state index is -1.50. The van der Waals surface area contributed by atoms with Crippen LogP contribution in [0.5, 0.6) is 0 Å². The van der Waals surface area contributed by atoms with E-state index in [9.17, 15) is 45.0 Å². The Morgan fingerprint density at radius 2 is 1.86 bits per heavy atom. The number of carbonyl (C=O) groups is 3. The largest absolute Gasteiger partial charge is 0.458 e. The van der Waals surface area contributed by atoms with Crippen molar-refractivity contribution in [3.8, 4) is 0 Å². The number of nitrogens with zero attached hydrogens (tertiary/aromatic N) is 1. The number of fused-ring (bicyclic) bond motifs is 6. The first-order valence-corrected chi connectivity index (χ1v) is 21.5. The van der Waals surface area contributed by atoms with E-state index in [1.807, 2.05) is 18.7 Å². The van der Waals surface area contributed by atoms with Gasteiger partial charge in [-0.3, -0.25) is 4.79 Å². The fraction of sp³-hybridized carbons (Fsp3) is 0.846. The third-order valence-electron chi connectivity index (χ3n) is 15.4. The molecule has 4 heterocycles. The van der Waals surface area contributed by atoms with Crippen molar-refractivity contribution in [2.75, 3.05) is 12.4 Å². The number of ether oxygens (including phenoxy) is 3. The average Bonchev–Trinajstić information content (AvgIpc) is 3.92. The third-order valence-corrected chi connectivity index (χ3v) is 16.9. The maximum absolute atomic E-state index is 13.1. The topological polar surface area (TPSA) is 249 Å². The van der Waals surface area contributed by atoms with E-state index < -0.39 is 76.8 Å². The number of aliphatic hydroxyl groups is 6. The summed E-state index contributed by atoms with van der Waals surface area (Å²) < 4.78 is 17.2. The van der Waals surface area contributed by atoms with Gasteiger partial charge >= 0.3 is 12.0 Å². The van der Waals surface area contributed by atoms with Crippen molar-refractivity contribution < 1.29 is 59.2 Å². The second-order valence-electron chi connectivity index (χ2n) is 18.0. The van der Waals surface area contributed by atoms with Crippen molar-refractivity contribution in [2.45, 2.75) is 162 Å².